The number of rotatable bonds is 14. The number of nitrogens with zero attached hydrogens (tertiary/aromatic N) is 2. The lowest BCUT2D eigenvalue weighted by Crippen LogP contribution is -2.48. The molecule has 0 fully saturated rings. The van der Waals surface area contributed by atoms with Crippen molar-refractivity contribution in [1.29, 1.82) is 5.41 Å². The molecule has 22 heteroatoms. The van der Waals surface area contributed by atoms with E-state index in [4.69, 9.17) is 34.9 Å². The highest BCUT2D eigenvalue weighted by Gasteiger charge is 2.40. The number of methoxy groups -OCH3 is 2. The van der Waals surface area contributed by atoms with Crippen LogP contribution in [-0.2, 0) is 53.0 Å². The zero-order valence-electron chi connectivity index (χ0n) is 48.0. The summed E-state index contributed by atoms with van der Waals surface area (Å²) in [4.78, 5) is 24.8. The largest absolute Gasteiger partial charge is 0.493 e. The molecular weight excluding hydrogens is 1150 g/mol. The smallest absolute Gasteiger partial charge is 0.416 e. The first-order valence-corrected chi connectivity index (χ1v) is 28.4. The van der Waals surface area contributed by atoms with E-state index in [-0.39, 0.29) is 31.7 Å². The predicted molar refractivity (Wildman–Crippen MR) is 325 cm³/mol. The number of alkyl halides is 6. The van der Waals surface area contributed by atoms with Crippen molar-refractivity contribution < 1.29 is 68.0 Å². The van der Waals surface area contributed by atoms with Crippen molar-refractivity contribution in [1.82, 2.24) is 16.4 Å². The number of benzene rings is 7. The Kier molecular flexibility index (Phi) is 24.3. The van der Waals surface area contributed by atoms with Crippen LogP contribution in [0.15, 0.2) is 170 Å². The number of nitrogens with two attached hydrogens (primary N) is 1. The van der Waals surface area contributed by atoms with Gasteiger partial charge in [-0.1, -0.05) is 123 Å². The predicted octanol–water partition coefficient (Wildman–Crippen LogP) is 14.3. The fourth-order valence-electron chi connectivity index (χ4n) is 9.17. The molecule has 2 aliphatic heterocycles. The summed E-state index contributed by atoms with van der Waals surface area (Å²) in [5.74, 6) is 7.67. The van der Waals surface area contributed by atoms with Crippen molar-refractivity contribution in [3.05, 3.63) is 226 Å². The van der Waals surface area contributed by atoms with Crippen molar-refractivity contribution in [2.24, 2.45) is 5.84 Å². The van der Waals surface area contributed by atoms with Crippen LogP contribution in [0.5, 0.6) is 23.0 Å². The first-order valence-electron chi connectivity index (χ1n) is 26.7. The Labute approximate surface area is 503 Å². The minimum Gasteiger partial charge on any atom is -0.493 e. The van der Waals surface area contributed by atoms with Gasteiger partial charge < -0.3 is 35.2 Å². The highest BCUT2D eigenvalue weighted by molar-refractivity contribution is 8.06. The van der Waals surface area contributed by atoms with E-state index < -0.39 is 62.0 Å². The zero-order valence-corrected chi connectivity index (χ0v) is 48.8. The second-order valence-corrected chi connectivity index (χ2v) is 22.5. The number of sulfone groups is 1. The number of aldehydes is 1. The molecule has 2 heterocycles. The molecule has 2 unspecified atom stereocenters. The van der Waals surface area contributed by atoms with Gasteiger partial charge in [0, 0.05) is 18.7 Å². The second kappa shape index (κ2) is 30.6. The molecule has 87 heavy (non-hydrogen) atoms. The normalized spacial score (nSPS) is 14.6. The van der Waals surface area contributed by atoms with Gasteiger partial charge in [0.25, 0.3) is 0 Å². The molecule has 464 valence electrons. The molecule has 0 saturated carbocycles. The highest BCUT2D eigenvalue weighted by atomic mass is 32.2. The first kappa shape index (κ1) is 69.1. The Balaban J connectivity index is 0.000000266. The van der Waals surface area contributed by atoms with E-state index in [9.17, 15) is 44.3 Å². The summed E-state index contributed by atoms with van der Waals surface area (Å²) in [6.07, 6.45) is -4.12. The molecule has 0 bridgehead atoms. The van der Waals surface area contributed by atoms with Gasteiger partial charge in [0.15, 0.2) is 23.0 Å². The topological polar surface area (TPSA) is 218 Å². The van der Waals surface area contributed by atoms with E-state index in [0.717, 1.165) is 70.1 Å². The lowest BCUT2D eigenvalue weighted by molar-refractivity contribution is -0.138. The van der Waals surface area contributed by atoms with Crippen LogP contribution in [0.2, 0.25) is 0 Å². The minimum atomic E-state index is -4.38. The molecule has 1 amide bonds. The first-order chi connectivity index (χ1) is 40.4. The number of carbonyl (C=O) groups excluding carboxylic acids is 2. The van der Waals surface area contributed by atoms with Gasteiger partial charge in [-0.3, -0.25) is 20.1 Å². The van der Waals surface area contributed by atoms with E-state index >= 15 is 0 Å². The SMILES string of the molecule is C.COc1cc2c(cc1OCc1ccccc1)CCN(C(=O)OC(C)(C)C)C2CS(=O)(=O)C(=N)N(N)c1ccccc1.COc1cc2c(cc1OCc1ccccc1)CCNC2/C=C/c1cccc(C(F)(F)F)c1.N.O=Cc1cccc(C(F)(F)F)c1. The van der Waals surface area contributed by atoms with Gasteiger partial charge in [0.05, 0.1) is 48.9 Å². The van der Waals surface area contributed by atoms with Gasteiger partial charge >= 0.3 is 18.4 Å². The van der Waals surface area contributed by atoms with Gasteiger partial charge in [0.2, 0.25) is 15.0 Å². The number of nitrogens with one attached hydrogen (secondary N) is 2. The average molecular weight is 1230 g/mol. The van der Waals surface area contributed by atoms with Crippen molar-refractivity contribution in [2.75, 3.05) is 38.1 Å². The molecule has 0 spiro atoms. The van der Waals surface area contributed by atoms with Gasteiger partial charge in [-0.2, -0.15) is 26.3 Å². The number of para-hydroxylation sites is 1. The molecule has 7 aromatic rings. The van der Waals surface area contributed by atoms with Crippen molar-refractivity contribution in [3.63, 3.8) is 0 Å². The summed E-state index contributed by atoms with van der Waals surface area (Å²) in [5.41, 5.74) is 4.23. The fourth-order valence-corrected chi connectivity index (χ4v) is 10.5. The van der Waals surface area contributed by atoms with Crippen LogP contribution >= 0.6 is 0 Å². The van der Waals surface area contributed by atoms with Crippen LogP contribution in [0.4, 0.5) is 36.8 Å². The molecule has 0 radical (unpaired) electrons. The third-order valence-corrected chi connectivity index (χ3v) is 14.9. The molecule has 2 aliphatic rings. The summed E-state index contributed by atoms with van der Waals surface area (Å²) in [6.45, 7) is 6.97. The number of anilines is 1. The molecule has 15 nitrogen and oxygen atoms in total. The lowest BCUT2D eigenvalue weighted by atomic mass is 9.93. The summed E-state index contributed by atoms with van der Waals surface area (Å²) in [5, 5.41) is 11.9. The Morgan fingerprint density at radius 1 is 0.678 bits per heavy atom. The molecule has 2 atom stereocenters. The number of amidine groups is 1. The molecule has 0 saturated heterocycles. The number of amides is 1. The van der Waals surface area contributed by atoms with Gasteiger partial charge in [-0.15, -0.1) is 0 Å². The average Bonchev–Trinajstić information content (AvgIpc) is 1.66. The number of carbonyl (C=O) groups is 2. The van der Waals surface area contributed by atoms with Crippen molar-refractivity contribution >= 4 is 39.1 Å². The van der Waals surface area contributed by atoms with Crippen LogP contribution in [0.25, 0.3) is 6.08 Å². The summed E-state index contributed by atoms with van der Waals surface area (Å²) in [6, 6.07) is 43.9. The number of hydrazine groups is 1. The second-order valence-electron chi connectivity index (χ2n) is 20.6. The number of fused-ring (bicyclic) bond motifs is 2. The number of hydrogen-bond donors (Lipinski definition) is 4. The van der Waals surface area contributed by atoms with Crippen molar-refractivity contribution in [2.45, 2.75) is 84.3 Å². The lowest BCUT2D eigenvalue weighted by Gasteiger charge is -2.38. The Hall–Kier alpha value is -8.70. The van der Waals surface area contributed by atoms with E-state index in [1.54, 1.807) is 76.4 Å². The van der Waals surface area contributed by atoms with Crippen LogP contribution in [0, 0.1) is 5.41 Å². The number of ether oxygens (including phenoxy) is 5. The fraction of sp³-hybridized carbons (Fsp3) is 0.277. The maximum Gasteiger partial charge on any atom is 0.416 e. The number of halogens is 6. The van der Waals surface area contributed by atoms with E-state index in [1.807, 2.05) is 84.9 Å². The Morgan fingerprint density at radius 3 is 1.66 bits per heavy atom. The van der Waals surface area contributed by atoms with Gasteiger partial charge in [-0.25, -0.2) is 19.1 Å². The molecule has 7 N–H and O–H groups in total. The van der Waals surface area contributed by atoms with Crippen molar-refractivity contribution in [3.8, 4) is 23.0 Å². The van der Waals surface area contributed by atoms with Crippen LogP contribution < -0.4 is 41.3 Å². The molecule has 0 aliphatic carbocycles. The molecule has 7 aromatic carbocycles. The minimum absolute atomic E-state index is 0. The van der Waals surface area contributed by atoms with Gasteiger partial charge in [-0.05, 0) is 133 Å². The van der Waals surface area contributed by atoms with Crippen LogP contribution in [0.3, 0.4) is 0 Å². The Morgan fingerprint density at radius 2 is 1.16 bits per heavy atom. The maximum atomic E-state index is 13.6. The van der Waals surface area contributed by atoms with E-state index in [0.29, 0.717) is 65.7 Å². The molecule has 9 rings (SSSR count). The third-order valence-electron chi connectivity index (χ3n) is 13.4. The maximum absolute atomic E-state index is 13.6. The zero-order chi connectivity index (χ0) is 61.5. The Bertz CT molecular complexity index is 3550. The monoisotopic (exact) mass is 1230 g/mol. The summed E-state index contributed by atoms with van der Waals surface area (Å²) in [7, 11) is -1.18. The number of hydrogen-bond acceptors (Lipinski definition) is 13. The third kappa shape index (κ3) is 19.1. The van der Waals surface area contributed by atoms with Gasteiger partial charge in [0.1, 0.15) is 25.1 Å². The van der Waals surface area contributed by atoms with Crippen LogP contribution in [-0.4, -0.2) is 69.5 Å². The highest BCUT2D eigenvalue weighted by Crippen LogP contribution is 2.41. The molecule has 0 aromatic heterocycles. The summed E-state index contributed by atoms with van der Waals surface area (Å²) < 4.78 is 131. The van der Waals surface area contributed by atoms with E-state index in [2.05, 4.69) is 5.32 Å². The van der Waals surface area contributed by atoms with E-state index in [1.165, 1.54) is 30.2 Å². The quantitative estimate of drug-likeness (QED) is 0.0199. The summed E-state index contributed by atoms with van der Waals surface area (Å²) >= 11 is 0. The van der Waals surface area contributed by atoms with Crippen LogP contribution in [0.1, 0.15) is 101 Å². The standard InChI is InChI=1S/C30H36N4O6S.C26H24F3NO2.C8H5F3O.CH4.H3N/c1-30(2,3)40-29(35)33-16-15-22-17-27(39-19-21-11-7-5-8-12-21)26(38-4)18-24(22)25(33)20-41(36,37)28(31)34(32)23-13-9-6-10-14-23;1-31-24-16-22-20(15-25(24)32-17-19-6-3-2-4-7-19)12-13-30-23(22)11-10-18-8-5-9-21(14-18)26(27,28)29;9-8(10,11)7-3-1-2-6(4-7)5-12;;/h5-14,17-18,25,31H,15-16,19-20,32H2,1-4H3;2-11,14-16,23,30H,12-13,17H2,1H3;1-5H;1H4;1H3/b;11-10+;;;. The molecular formula is C65H72F6N6O9S.